The Kier molecular flexibility index (Phi) is 8.60. The quantitative estimate of drug-likeness (QED) is 0.0974. The van der Waals surface area contributed by atoms with E-state index in [1.54, 1.807) is 27.7 Å². The number of aliphatic hydroxyl groups is 6. The molecule has 6 N–H and O–H groups in total. The van der Waals surface area contributed by atoms with E-state index in [1.165, 1.54) is 6.08 Å². The molecule has 16 atom stereocenters. The first-order chi connectivity index (χ1) is 22.5. The molecule has 5 fully saturated rings. The van der Waals surface area contributed by atoms with Crippen LogP contribution < -0.4 is 0 Å². The molecular formula is C32H42O16. The third kappa shape index (κ3) is 4.57. The first-order valence-corrected chi connectivity index (χ1v) is 15.9. The van der Waals surface area contributed by atoms with Gasteiger partial charge in [-0.05, 0) is 37.7 Å². The molecule has 6 aliphatic rings. The van der Waals surface area contributed by atoms with Gasteiger partial charge in [0, 0.05) is 23.3 Å². The number of fused-ring (bicyclic) bond motifs is 2. The molecule has 2 bridgehead atoms. The molecule has 3 aliphatic carbocycles. The normalized spacial score (nSPS) is 49.1. The van der Waals surface area contributed by atoms with E-state index < -0.39 is 126 Å². The van der Waals surface area contributed by atoms with E-state index in [0.717, 1.165) is 13.2 Å². The summed E-state index contributed by atoms with van der Waals surface area (Å²) in [6.45, 7) is 5.53. The maximum absolute atomic E-state index is 13.8. The lowest BCUT2D eigenvalue weighted by molar-refractivity contribution is -0.296. The van der Waals surface area contributed by atoms with E-state index in [4.69, 9.17) is 28.4 Å². The first kappa shape index (κ1) is 34.9. The molecule has 0 aromatic rings. The number of carbonyl (C=O) groups excluding carboxylic acids is 4. The highest BCUT2D eigenvalue weighted by Crippen LogP contribution is 2.72. The van der Waals surface area contributed by atoms with Crippen LogP contribution in [0.2, 0.25) is 0 Å². The fourth-order valence-corrected chi connectivity index (χ4v) is 9.57. The zero-order chi connectivity index (χ0) is 35.2. The molecule has 6 unspecified atom stereocenters. The van der Waals surface area contributed by atoms with Crippen molar-refractivity contribution in [2.24, 2.45) is 34.5 Å². The van der Waals surface area contributed by atoms with Gasteiger partial charge in [0.1, 0.15) is 36.6 Å². The molecule has 16 nitrogen and oxygen atoms in total. The van der Waals surface area contributed by atoms with Gasteiger partial charge < -0.3 is 59.1 Å². The summed E-state index contributed by atoms with van der Waals surface area (Å²) in [6.07, 6.45) is -12.2. The zero-order valence-corrected chi connectivity index (χ0v) is 27.0. The molecule has 0 radical (unpaired) electrons. The lowest BCUT2D eigenvalue weighted by atomic mass is 9.38. The minimum atomic E-state index is -2.34. The summed E-state index contributed by atoms with van der Waals surface area (Å²) in [6, 6.07) is 0. The van der Waals surface area contributed by atoms with Crippen molar-refractivity contribution in [1.82, 2.24) is 0 Å². The largest absolute Gasteiger partial charge is 0.467 e. The van der Waals surface area contributed by atoms with E-state index in [1.807, 2.05) is 0 Å². The average Bonchev–Trinajstić information content (AvgIpc) is 3.34. The van der Waals surface area contributed by atoms with E-state index in [9.17, 15) is 49.8 Å². The second-order valence-corrected chi connectivity index (χ2v) is 14.3. The average molecular weight is 683 g/mol. The SMILES string of the molecule is COC(=O)[C@@]12OC[C@]34[C@H]([C@@H](O)[C@@H]1O)[C@@]1(C)C=C(OC5OC(CO)C(O)C(O)C5O)C(=O)C(C)[C@@H]1C[C@H]3OC(=O)[C@H](OC(=O)C=C(C)C)[C@@H]24. The number of methoxy groups -OCH3 is 1. The van der Waals surface area contributed by atoms with Gasteiger partial charge in [0.2, 0.25) is 18.0 Å². The van der Waals surface area contributed by atoms with Crippen molar-refractivity contribution in [1.29, 1.82) is 0 Å². The summed E-state index contributed by atoms with van der Waals surface area (Å²) in [5.74, 6) is -7.86. The number of rotatable bonds is 6. The summed E-state index contributed by atoms with van der Waals surface area (Å²) in [5, 5.41) is 64.6. The van der Waals surface area contributed by atoms with Gasteiger partial charge in [0.25, 0.3) is 0 Å². The number of aliphatic hydroxyl groups excluding tert-OH is 6. The summed E-state index contributed by atoms with van der Waals surface area (Å²) in [4.78, 5) is 53.9. The number of carbonyl (C=O) groups is 4. The molecule has 16 heteroatoms. The number of esters is 3. The maximum atomic E-state index is 13.8. The maximum Gasteiger partial charge on any atom is 0.348 e. The Hall–Kier alpha value is -2.96. The highest BCUT2D eigenvalue weighted by molar-refractivity contribution is 5.97. The number of allylic oxidation sites excluding steroid dienone is 3. The molecule has 1 spiro atoms. The number of Topliss-reactive ketones (excluding diaryl/α,β-unsaturated/α-hetero) is 1. The molecule has 3 saturated heterocycles. The topological polar surface area (TPSA) is 245 Å². The van der Waals surface area contributed by atoms with Gasteiger partial charge in [0.15, 0.2) is 11.5 Å². The summed E-state index contributed by atoms with van der Waals surface area (Å²) in [7, 11) is 1.05. The lowest BCUT2D eigenvalue weighted by Crippen LogP contribution is -2.79. The van der Waals surface area contributed by atoms with Crippen molar-refractivity contribution >= 4 is 23.7 Å². The van der Waals surface area contributed by atoms with Crippen molar-refractivity contribution < 1.29 is 78.2 Å². The number of hydrogen-bond donors (Lipinski definition) is 6. The predicted octanol–water partition coefficient (Wildman–Crippen LogP) is -2.37. The fraction of sp³-hybridized carbons (Fsp3) is 0.750. The Balaban J connectivity index is 1.48. The van der Waals surface area contributed by atoms with Crippen molar-refractivity contribution in [2.45, 2.75) is 94.8 Å². The smallest absolute Gasteiger partial charge is 0.348 e. The molecule has 0 aromatic carbocycles. The van der Waals surface area contributed by atoms with Crippen molar-refractivity contribution in [3.8, 4) is 0 Å². The van der Waals surface area contributed by atoms with Gasteiger partial charge in [-0.2, -0.15) is 0 Å². The highest BCUT2D eigenvalue weighted by Gasteiger charge is 2.85. The Labute approximate surface area is 275 Å². The van der Waals surface area contributed by atoms with Crippen LogP contribution in [0.3, 0.4) is 0 Å². The van der Waals surface area contributed by atoms with Crippen LogP contribution in [-0.2, 0) is 47.6 Å². The minimum Gasteiger partial charge on any atom is -0.467 e. The van der Waals surface area contributed by atoms with Crippen LogP contribution >= 0.6 is 0 Å². The van der Waals surface area contributed by atoms with Crippen LogP contribution in [0.15, 0.2) is 23.5 Å². The van der Waals surface area contributed by atoms with Crippen LogP contribution in [0, 0.1) is 34.5 Å². The Morgan fingerprint density at radius 2 is 1.73 bits per heavy atom. The van der Waals surface area contributed by atoms with Crippen LogP contribution in [-0.4, -0.2) is 135 Å². The van der Waals surface area contributed by atoms with Crippen molar-refractivity contribution in [3.05, 3.63) is 23.5 Å². The van der Waals surface area contributed by atoms with Crippen LogP contribution in [0.4, 0.5) is 0 Å². The van der Waals surface area contributed by atoms with Gasteiger partial charge in [-0.25, -0.2) is 14.4 Å². The van der Waals surface area contributed by atoms with Crippen LogP contribution in [0.25, 0.3) is 0 Å². The standard InChI is InChI=1S/C32H42O16/c1-11(2)6-17(34)48-23-25-31-10-44-32(25,29(42)43-5)26(40)22(39)24(31)30(4)8-14(18(35)12(3)13(30)7-16(31)47-27(23)41)45-28-21(38)20(37)19(36)15(9-33)46-28/h6,8,12-13,15-16,19-26,28,33,36-40H,7,9-10H2,1-5H3/t12?,13-,15?,16+,19?,20?,21?,22+,23+,24+,25+,26-,28?,30-,31+,32-/m0/s1. The molecule has 48 heavy (non-hydrogen) atoms. The second kappa shape index (κ2) is 11.8. The molecule has 6 rings (SSSR count). The van der Waals surface area contributed by atoms with Crippen molar-refractivity contribution in [3.63, 3.8) is 0 Å². The van der Waals surface area contributed by atoms with Gasteiger partial charge in [-0.1, -0.05) is 19.4 Å². The zero-order valence-electron chi connectivity index (χ0n) is 27.0. The molecular weight excluding hydrogens is 640 g/mol. The highest BCUT2D eigenvalue weighted by atomic mass is 16.7. The Morgan fingerprint density at radius 3 is 2.35 bits per heavy atom. The van der Waals surface area contributed by atoms with E-state index >= 15 is 0 Å². The molecule has 0 amide bonds. The Morgan fingerprint density at radius 1 is 1.04 bits per heavy atom. The monoisotopic (exact) mass is 682 g/mol. The third-order valence-corrected chi connectivity index (χ3v) is 11.6. The second-order valence-electron chi connectivity index (χ2n) is 14.3. The summed E-state index contributed by atoms with van der Waals surface area (Å²) >= 11 is 0. The molecule has 0 aromatic heterocycles. The molecule has 3 heterocycles. The van der Waals surface area contributed by atoms with Crippen molar-refractivity contribution in [2.75, 3.05) is 20.3 Å². The Bertz CT molecular complexity index is 1440. The van der Waals surface area contributed by atoms with E-state index in [-0.39, 0.29) is 18.8 Å². The summed E-state index contributed by atoms with van der Waals surface area (Å²) in [5.41, 5.74) is -4.52. The van der Waals surface area contributed by atoms with Gasteiger partial charge in [-0.15, -0.1) is 0 Å². The third-order valence-electron chi connectivity index (χ3n) is 11.6. The number of ketones is 1. The van der Waals surface area contributed by atoms with Crippen LogP contribution in [0.1, 0.15) is 34.1 Å². The van der Waals surface area contributed by atoms with Gasteiger partial charge in [0.05, 0.1) is 32.3 Å². The van der Waals surface area contributed by atoms with Crippen LogP contribution in [0.5, 0.6) is 0 Å². The summed E-state index contributed by atoms with van der Waals surface area (Å²) < 4.78 is 34.1. The molecule has 266 valence electrons. The minimum absolute atomic E-state index is 0.0457. The fourth-order valence-electron chi connectivity index (χ4n) is 9.57. The van der Waals surface area contributed by atoms with Gasteiger partial charge in [-0.3, -0.25) is 4.79 Å². The predicted molar refractivity (Wildman–Crippen MR) is 155 cm³/mol. The van der Waals surface area contributed by atoms with E-state index in [2.05, 4.69) is 0 Å². The molecule has 2 saturated carbocycles. The van der Waals surface area contributed by atoms with E-state index in [0.29, 0.717) is 5.57 Å². The van der Waals surface area contributed by atoms with Gasteiger partial charge >= 0.3 is 17.9 Å². The lowest BCUT2D eigenvalue weighted by Gasteiger charge is -2.67. The first-order valence-electron chi connectivity index (χ1n) is 15.9. The number of hydrogen-bond acceptors (Lipinski definition) is 16. The number of ether oxygens (including phenoxy) is 6. The molecule has 3 aliphatic heterocycles.